The number of anilines is 1. The molecule has 3 rings (SSSR count). The SMILES string of the molecule is O=C(O)COc1ccc(NC(=O)CC2CCOCC2)c2ccccc12. The summed E-state index contributed by atoms with van der Waals surface area (Å²) in [5, 5.41) is 13.4. The molecule has 0 spiro atoms. The summed E-state index contributed by atoms with van der Waals surface area (Å²) in [5.41, 5.74) is 0.704. The molecule has 0 atom stereocenters. The number of fused-ring (bicyclic) bond motifs is 1. The van der Waals surface area contributed by atoms with Gasteiger partial charge in [-0.3, -0.25) is 4.79 Å². The third-order valence-electron chi connectivity index (χ3n) is 4.32. The van der Waals surface area contributed by atoms with Crippen LogP contribution in [0.2, 0.25) is 0 Å². The number of aliphatic carboxylic acids is 1. The molecule has 1 aliphatic rings. The van der Waals surface area contributed by atoms with Crippen LogP contribution < -0.4 is 10.1 Å². The van der Waals surface area contributed by atoms with Crippen LogP contribution in [0.4, 0.5) is 5.69 Å². The maximum Gasteiger partial charge on any atom is 0.341 e. The van der Waals surface area contributed by atoms with E-state index >= 15 is 0 Å². The molecule has 0 aliphatic carbocycles. The average molecular weight is 343 g/mol. The molecule has 0 bridgehead atoms. The molecule has 132 valence electrons. The monoisotopic (exact) mass is 343 g/mol. The number of carbonyl (C=O) groups is 2. The first-order valence-electron chi connectivity index (χ1n) is 8.37. The largest absolute Gasteiger partial charge is 0.481 e. The predicted octanol–water partition coefficient (Wildman–Crippen LogP) is 3.06. The molecule has 0 saturated carbocycles. The van der Waals surface area contributed by atoms with E-state index in [1.54, 1.807) is 12.1 Å². The molecular weight excluding hydrogens is 322 g/mol. The summed E-state index contributed by atoms with van der Waals surface area (Å²) in [6.07, 6.45) is 2.31. The van der Waals surface area contributed by atoms with Gasteiger partial charge in [0.2, 0.25) is 5.91 Å². The summed E-state index contributed by atoms with van der Waals surface area (Å²) in [7, 11) is 0. The van der Waals surface area contributed by atoms with E-state index in [0.717, 1.165) is 36.8 Å². The second-order valence-electron chi connectivity index (χ2n) is 6.15. The number of hydrogen-bond donors (Lipinski definition) is 2. The van der Waals surface area contributed by atoms with Crippen molar-refractivity contribution in [2.45, 2.75) is 19.3 Å². The Morgan fingerprint density at radius 3 is 2.56 bits per heavy atom. The average Bonchev–Trinajstić information content (AvgIpc) is 2.61. The Balaban J connectivity index is 1.76. The Labute approximate surface area is 145 Å². The molecule has 0 unspecified atom stereocenters. The minimum atomic E-state index is -1.03. The van der Waals surface area contributed by atoms with Crippen LogP contribution in [0.15, 0.2) is 36.4 Å². The Morgan fingerprint density at radius 1 is 1.12 bits per heavy atom. The summed E-state index contributed by atoms with van der Waals surface area (Å²) >= 11 is 0. The zero-order chi connectivity index (χ0) is 17.6. The lowest BCUT2D eigenvalue weighted by molar-refractivity contribution is -0.139. The molecule has 0 aromatic heterocycles. The van der Waals surface area contributed by atoms with Crippen molar-refractivity contribution in [3.63, 3.8) is 0 Å². The molecule has 1 heterocycles. The van der Waals surface area contributed by atoms with Gasteiger partial charge in [-0.25, -0.2) is 4.79 Å². The van der Waals surface area contributed by atoms with Crippen LogP contribution in [-0.4, -0.2) is 36.8 Å². The highest BCUT2D eigenvalue weighted by Crippen LogP contribution is 2.32. The van der Waals surface area contributed by atoms with Gasteiger partial charge in [0.15, 0.2) is 6.61 Å². The number of carboxylic acids is 1. The van der Waals surface area contributed by atoms with Gasteiger partial charge in [0.05, 0.1) is 0 Å². The van der Waals surface area contributed by atoms with E-state index in [9.17, 15) is 9.59 Å². The van der Waals surface area contributed by atoms with Crippen LogP contribution >= 0.6 is 0 Å². The second-order valence-corrected chi connectivity index (χ2v) is 6.15. The fourth-order valence-corrected chi connectivity index (χ4v) is 3.06. The molecule has 2 aromatic rings. The summed E-state index contributed by atoms with van der Waals surface area (Å²) in [4.78, 5) is 23.1. The van der Waals surface area contributed by atoms with Gasteiger partial charge in [-0.1, -0.05) is 24.3 Å². The number of ether oxygens (including phenoxy) is 2. The minimum Gasteiger partial charge on any atom is -0.481 e. The molecule has 1 amide bonds. The van der Waals surface area contributed by atoms with Crippen molar-refractivity contribution in [3.8, 4) is 5.75 Å². The van der Waals surface area contributed by atoms with Gasteiger partial charge in [-0.05, 0) is 30.9 Å². The van der Waals surface area contributed by atoms with Crippen LogP contribution in [0.25, 0.3) is 10.8 Å². The Hall–Kier alpha value is -2.60. The first-order valence-corrected chi connectivity index (χ1v) is 8.37. The highest BCUT2D eigenvalue weighted by Gasteiger charge is 2.18. The van der Waals surface area contributed by atoms with Gasteiger partial charge in [0, 0.05) is 36.1 Å². The van der Waals surface area contributed by atoms with Crippen molar-refractivity contribution in [2.24, 2.45) is 5.92 Å². The summed E-state index contributed by atoms with van der Waals surface area (Å²) in [5.74, 6) is -0.201. The smallest absolute Gasteiger partial charge is 0.341 e. The maximum atomic E-state index is 12.4. The van der Waals surface area contributed by atoms with Crippen LogP contribution in [0, 0.1) is 5.92 Å². The Bertz CT molecular complexity index is 767. The van der Waals surface area contributed by atoms with Crippen molar-refractivity contribution in [3.05, 3.63) is 36.4 Å². The van der Waals surface area contributed by atoms with Gasteiger partial charge in [0.1, 0.15) is 5.75 Å². The fourth-order valence-electron chi connectivity index (χ4n) is 3.06. The van der Waals surface area contributed by atoms with Crippen molar-refractivity contribution in [2.75, 3.05) is 25.1 Å². The predicted molar refractivity (Wildman–Crippen MR) is 93.9 cm³/mol. The number of amides is 1. The van der Waals surface area contributed by atoms with Gasteiger partial charge in [-0.2, -0.15) is 0 Å². The van der Waals surface area contributed by atoms with Crippen molar-refractivity contribution in [1.82, 2.24) is 0 Å². The molecule has 1 aliphatic heterocycles. The van der Waals surface area contributed by atoms with Crippen LogP contribution in [-0.2, 0) is 14.3 Å². The van der Waals surface area contributed by atoms with E-state index in [1.165, 1.54) is 0 Å². The number of hydrogen-bond acceptors (Lipinski definition) is 4. The summed E-state index contributed by atoms with van der Waals surface area (Å²) in [6, 6.07) is 10.9. The molecule has 2 N–H and O–H groups in total. The number of carboxylic acid groups (broad SMARTS) is 1. The zero-order valence-corrected chi connectivity index (χ0v) is 13.9. The first-order chi connectivity index (χ1) is 12.1. The molecule has 0 radical (unpaired) electrons. The molecular formula is C19H21NO5. The van der Waals surface area contributed by atoms with Gasteiger partial charge < -0.3 is 19.9 Å². The van der Waals surface area contributed by atoms with E-state index in [2.05, 4.69) is 5.32 Å². The number of nitrogens with one attached hydrogen (secondary N) is 1. The molecule has 1 saturated heterocycles. The van der Waals surface area contributed by atoms with E-state index in [1.807, 2.05) is 24.3 Å². The van der Waals surface area contributed by atoms with Crippen molar-refractivity contribution in [1.29, 1.82) is 0 Å². The quantitative estimate of drug-likeness (QED) is 0.842. The number of rotatable bonds is 6. The van der Waals surface area contributed by atoms with Gasteiger partial charge in [0.25, 0.3) is 0 Å². The third-order valence-corrected chi connectivity index (χ3v) is 4.32. The molecule has 1 fully saturated rings. The minimum absolute atomic E-state index is 0.0174. The number of carbonyl (C=O) groups excluding carboxylic acids is 1. The molecule has 6 nitrogen and oxygen atoms in total. The lowest BCUT2D eigenvalue weighted by Crippen LogP contribution is -2.22. The normalized spacial score (nSPS) is 15.0. The van der Waals surface area contributed by atoms with E-state index in [4.69, 9.17) is 14.6 Å². The van der Waals surface area contributed by atoms with Crippen LogP contribution in [0.1, 0.15) is 19.3 Å². The van der Waals surface area contributed by atoms with E-state index in [0.29, 0.717) is 23.8 Å². The highest BCUT2D eigenvalue weighted by atomic mass is 16.5. The fraction of sp³-hybridized carbons (Fsp3) is 0.368. The lowest BCUT2D eigenvalue weighted by Gasteiger charge is -2.21. The van der Waals surface area contributed by atoms with Gasteiger partial charge >= 0.3 is 5.97 Å². The summed E-state index contributed by atoms with van der Waals surface area (Å²) < 4.78 is 10.7. The Kier molecular flexibility index (Phi) is 5.50. The second kappa shape index (κ2) is 7.98. The van der Waals surface area contributed by atoms with Crippen LogP contribution in [0.5, 0.6) is 5.75 Å². The molecule has 2 aromatic carbocycles. The first kappa shape index (κ1) is 17.2. The van der Waals surface area contributed by atoms with Crippen molar-refractivity contribution >= 4 is 28.3 Å². The topological polar surface area (TPSA) is 84.9 Å². The van der Waals surface area contributed by atoms with E-state index in [-0.39, 0.29) is 5.91 Å². The zero-order valence-electron chi connectivity index (χ0n) is 13.9. The highest BCUT2D eigenvalue weighted by molar-refractivity contribution is 6.04. The lowest BCUT2D eigenvalue weighted by atomic mass is 9.96. The van der Waals surface area contributed by atoms with E-state index < -0.39 is 12.6 Å². The Morgan fingerprint density at radius 2 is 1.84 bits per heavy atom. The van der Waals surface area contributed by atoms with Crippen molar-refractivity contribution < 1.29 is 24.2 Å². The molecule has 25 heavy (non-hydrogen) atoms. The van der Waals surface area contributed by atoms with Gasteiger partial charge in [-0.15, -0.1) is 0 Å². The maximum absolute atomic E-state index is 12.4. The third kappa shape index (κ3) is 4.48. The summed E-state index contributed by atoms with van der Waals surface area (Å²) in [6.45, 7) is 1.03. The van der Waals surface area contributed by atoms with Crippen LogP contribution in [0.3, 0.4) is 0 Å². The molecule has 6 heteroatoms. The number of benzene rings is 2. The standard InChI is InChI=1S/C19H21NO5/c21-18(11-13-7-9-24-10-8-13)20-16-5-6-17(25-12-19(22)23)15-4-2-1-3-14(15)16/h1-6,13H,7-12H2,(H,20,21)(H,22,23).